The van der Waals surface area contributed by atoms with Gasteiger partial charge < -0.3 is 15.0 Å². The second-order valence-corrected chi connectivity index (χ2v) is 9.18. The van der Waals surface area contributed by atoms with E-state index >= 15 is 0 Å². The molecule has 0 aliphatic heterocycles. The molecule has 0 saturated carbocycles. The lowest BCUT2D eigenvalue weighted by atomic mass is 9.95. The maximum Gasteiger partial charge on any atom is 0.335 e. The van der Waals surface area contributed by atoms with Crippen LogP contribution in [0.4, 0.5) is 14.6 Å². The van der Waals surface area contributed by atoms with Gasteiger partial charge in [0.15, 0.2) is 11.6 Å². The fourth-order valence-corrected chi connectivity index (χ4v) is 4.42. The van der Waals surface area contributed by atoms with Crippen molar-refractivity contribution < 1.29 is 18.7 Å². The molecule has 2 aromatic carbocycles. The molecule has 0 spiro atoms. The van der Waals surface area contributed by atoms with Gasteiger partial charge in [-0.25, -0.2) is 23.5 Å². The molecule has 2 N–H and O–H groups in total. The summed E-state index contributed by atoms with van der Waals surface area (Å²) in [4.78, 5) is 20.2. The average Bonchev–Trinajstić information content (AvgIpc) is 3.14. The third-order valence-corrected chi connectivity index (χ3v) is 6.06. The number of fused-ring (bicyclic) bond motifs is 1. The zero-order valence-corrected chi connectivity index (χ0v) is 20.2. The van der Waals surface area contributed by atoms with Gasteiger partial charge in [0.05, 0.1) is 16.8 Å². The van der Waals surface area contributed by atoms with Crippen LogP contribution in [0, 0.1) is 31.4 Å². The van der Waals surface area contributed by atoms with Gasteiger partial charge >= 0.3 is 5.97 Å². The van der Waals surface area contributed by atoms with E-state index in [4.69, 9.17) is 0 Å². The Hall–Kier alpha value is -3.81. The number of nitrogens with zero attached hydrogens (tertiary/aromatic N) is 3. The maximum absolute atomic E-state index is 14.6. The van der Waals surface area contributed by atoms with Crippen molar-refractivity contribution in [3.63, 3.8) is 0 Å². The minimum Gasteiger partial charge on any atom is -0.478 e. The molecule has 2 heterocycles. The minimum absolute atomic E-state index is 0.265. The van der Waals surface area contributed by atoms with Crippen molar-refractivity contribution in [3.05, 3.63) is 76.7 Å². The number of carbonyl (C=O) groups is 1. The molecule has 0 amide bonds. The summed E-state index contributed by atoms with van der Waals surface area (Å²) in [5.74, 6) is -1.75. The van der Waals surface area contributed by atoms with Crippen molar-refractivity contribution in [2.24, 2.45) is 5.92 Å². The first-order chi connectivity index (χ1) is 16.7. The van der Waals surface area contributed by atoms with Crippen molar-refractivity contribution in [2.45, 2.75) is 40.7 Å². The van der Waals surface area contributed by atoms with Crippen LogP contribution in [0.5, 0.6) is 0 Å². The van der Waals surface area contributed by atoms with E-state index in [1.165, 1.54) is 12.4 Å². The van der Waals surface area contributed by atoms with E-state index < -0.39 is 17.6 Å². The minimum atomic E-state index is -0.948. The zero-order chi connectivity index (χ0) is 25.3. The zero-order valence-electron chi connectivity index (χ0n) is 20.2. The van der Waals surface area contributed by atoms with Crippen molar-refractivity contribution in [1.29, 1.82) is 0 Å². The van der Waals surface area contributed by atoms with Crippen LogP contribution in [0.15, 0.2) is 42.7 Å². The number of hydrogen-bond acceptors (Lipinski definition) is 4. The monoisotopic (exact) mass is 478 g/mol. The first-order valence-corrected chi connectivity index (χ1v) is 11.5. The van der Waals surface area contributed by atoms with E-state index in [0.717, 1.165) is 16.8 Å². The maximum atomic E-state index is 14.6. The van der Waals surface area contributed by atoms with Gasteiger partial charge in [0, 0.05) is 35.8 Å². The fourth-order valence-electron chi connectivity index (χ4n) is 4.42. The summed E-state index contributed by atoms with van der Waals surface area (Å²) in [5, 5.41) is 13.4. The van der Waals surface area contributed by atoms with Crippen molar-refractivity contribution in [3.8, 4) is 11.3 Å². The summed E-state index contributed by atoms with van der Waals surface area (Å²) in [5.41, 5.74) is 4.32. The highest BCUT2D eigenvalue weighted by Gasteiger charge is 2.17. The summed E-state index contributed by atoms with van der Waals surface area (Å²) < 4.78 is 30.3. The molecule has 182 valence electrons. The number of rotatable bonds is 8. The van der Waals surface area contributed by atoms with E-state index in [1.54, 1.807) is 29.7 Å². The molecule has 0 fully saturated rings. The van der Waals surface area contributed by atoms with Gasteiger partial charge in [-0.15, -0.1) is 0 Å². The molecule has 4 aromatic rings. The molecule has 6 nitrogen and oxygen atoms in total. The molecule has 0 aliphatic carbocycles. The molecule has 2 aromatic heterocycles. The number of anilines is 1. The quantitative estimate of drug-likeness (QED) is 0.325. The first kappa shape index (κ1) is 24.3. The highest BCUT2D eigenvalue weighted by Crippen LogP contribution is 2.28. The van der Waals surface area contributed by atoms with E-state index in [-0.39, 0.29) is 5.52 Å². The predicted octanol–water partition coefficient (Wildman–Crippen LogP) is 6.00. The molecule has 4 rings (SSSR count). The Morgan fingerprint density at radius 2 is 1.89 bits per heavy atom. The second kappa shape index (κ2) is 9.82. The lowest BCUT2D eigenvalue weighted by Gasteiger charge is -2.13. The number of halogens is 2. The Balaban J connectivity index is 1.55. The first-order valence-electron chi connectivity index (χ1n) is 11.5. The number of aromatic nitrogens is 3. The average molecular weight is 479 g/mol. The molecule has 35 heavy (non-hydrogen) atoms. The van der Waals surface area contributed by atoms with Gasteiger partial charge in [0.25, 0.3) is 0 Å². The van der Waals surface area contributed by atoms with Crippen LogP contribution in [0.25, 0.3) is 22.2 Å². The van der Waals surface area contributed by atoms with Crippen LogP contribution in [0.1, 0.15) is 41.0 Å². The number of nitrogens with one attached hydrogen (secondary N) is 1. The van der Waals surface area contributed by atoms with E-state index in [2.05, 4.69) is 15.3 Å². The molecule has 0 radical (unpaired) electrons. The molecule has 0 aliphatic rings. The third kappa shape index (κ3) is 5.01. The van der Waals surface area contributed by atoms with Crippen molar-refractivity contribution >= 4 is 22.7 Å². The Kier molecular flexibility index (Phi) is 6.82. The summed E-state index contributed by atoms with van der Waals surface area (Å²) >= 11 is 0. The Morgan fingerprint density at radius 1 is 1.11 bits per heavy atom. The van der Waals surface area contributed by atoms with Crippen LogP contribution < -0.4 is 5.32 Å². The number of hydrogen-bond donors (Lipinski definition) is 2. The number of aryl methyl sites for hydroxylation is 2. The van der Waals surface area contributed by atoms with Crippen molar-refractivity contribution in [2.75, 3.05) is 11.9 Å². The molecule has 8 heteroatoms. The van der Waals surface area contributed by atoms with Gasteiger partial charge in [-0.3, -0.25) is 0 Å². The van der Waals surface area contributed by atoms with E-state index in [0.29, 0.717) is 53.5 Å². The summed E-state index contributed by atoms with van der Waals surface area (Å²) in [6.07, 6.45) is 2.09. The molecule has 0 saturated heterocycles. The highest BCUT2D eigenvalue weighted by atomic mass is 19.2. The van der Waals surface area contributed by atoms with Crippen LogP contribution in [0.2, 0.25) is 0 Å². The Bertz CT molecular complexity index is 1410. The van der Waals surface area contributed by atoms with Crippen LogP contribution in [-0.2, 0) is 13.0 Å². The van der Waals surface area contributed by atoms with Gasteiger partial charge in [-0.2, -0.15) is 0 Å². The fraction of sp³-hybridized carbons (Fsp3) is 0.296. The second-order valence-electron chi connectivity index (χ2n) is 9.18. The summed E-state index contributed by atoms with van der Waals surface area (Å²) in [6, 6.07) is 10.1. The van der Waals surface area contributed by atoms with E-state index in [9.17, 15) is 18.7 Å². The van der Waals surface area contributed by atoms with Gasteiger partial charge in [-0.1, -0.05) is 19.9 Å². The smallest absolute Gasteiger partial charge is 0.335 e. The standard InChI is InChI=1S/C27H28F2N4O2/c1-15(2)9-19-12-18(5-6-20(19)27(34)35)23-13-24(32-14-31-23)30-7-8-33-17(4)11-21-16(3)10-22(28)25(29)26(21)33/h5-6,10-15H,7-9H2,1-4H3,(H,34,35)(H,30,31,32). The van der Waals surface area contributed by atoms with Crippen LogP contribution in [-0.4, -0.2) is 32.2 Å². The molecule has 0 bridgehead atoms. The number of carboxylic acids is 1. The number of carboxylic acid groups (broad SMARTS) is 1. The Morgan fingerprint density at radius 3 is 2.60 bits per heavy atom. The summed E-state index contributed by atoms with van der Waals surface area (Å²) in [7, 11) is 0. The highest BCUT2D eigenvalue weighted by molar-refractivity contribution is 5.90. The molecule has 0 unspecified atom stereocenters. The largest absolute Gasteiger partial charge is 0.478 e. The lowest BCUT2D eigenvalue weighted by molar-refractivity contribution is 0.0695. The lowest BCUT2D eigenvalue weighted by Crippen LogP contribution is -2.13. The number of benzene rings is 2. The predicted molar refractivity (Wildman–Crippen MR) is 133 cm³/mol. The number of aromatic carboxylic acids is 1. The van der Waals surface area contributed by atoms with Crippen molar-refractivity contribution in [1.82, 2.24) is 14.5 Å². The van der Waals surface area contributed by atoms with E-state index in [1.807, 2.05) is 32.9 Å². The topological polar surface area (TPSA) is 80.0 Å². The van der Waals surface area contributed by atoms with Gasteiger partial charge in [0.2, 0.25) is 0 Å². The third-order valence-electron chi connectivity index (χ3n) is 6.06. The van der Waals surface area contributed by atoms with Gasteiger partial charge in [0.1, 0.15) is 12.1 Å². The SMILES string of the molecule is Cc1cc(F)c(F)c2c1cc(C)n2CCNc1cc(-c2ccc(C(=O)O)c(CC(C)C)c2)ncn1. The van der Waals surface area contributed by atoms with Gasteiger partial charge in [-0.05, 0) is 61.6 Å². The van der Waals surface area contributed by atoms with Crippen LogP contribution in [0.3, 0.4) is 0 Å². The summed E-state index contributed by atoms with van der Waals surface area (Å²) in [6.45, 7) is 8.58. The molecular formula is C27H28F2N4O2. The molecule has 0 atom stereocenters. The Labute approximate surface area is 202 Å². The molecular weight excluding hydrogens is 450 g/mol. The van der Waals surface area contributed by atoms with Crippen LogP contribution >= 0.6 is 0 Å². The normalized spacial score (nSPS) is 11.4.